The fourth-order valence-electron chi connectivity index (χ4n) is 5.29. The van der Waals surface area contributed by atoms with Crippen LogP contribution in [0.4, 0.5) is 37.7 Å². The molecular weight excluding hydrogens is 486 g/mol. The van der Waals surface area contributed by atoms with Crippen molar-refractivity contribution >= 4 is 11.4 Å². The number of benzene rings is 2. The lowest BCUT2D eigenvalue weighted by molar-refractivity contribution is -0.388. The van der Waals surface area contributed by atoms with Crippen molar-refractivity contribution in [2.75, 3.05) is 5.73 Å². The van der Waals surface area contributed by atoms with E-state index in [0.29, 0.717) is 24.3 Å². The van der Waals surface area contributed by atoms with E-state index in [1.54, 1.807) is 6.07 Å². The summed E-state index contributed by atoms with van der Waals surface area (Å²) in [4.78, 5) is 10.1. The molecular formula is C26H30F6N2O2. The maximum atomic E-state index is 12.8. The molecule has 2 aliphatic carbocycles. The summed E-state index contributed by atoms with van der Waals surface area (Å²) in [5.74, 6) is 0.767. The van der Waals surface area contributed by atoms with Crippen LogP contribution in [0.25, 0.3) is 0 Å². The van der Waals surface area contributed by atoms with E-state index in [-0.39, 0.29) is 17.2 Å². The number of anilines is 1. The Morgan fingerprint density at radius 1 is 0.750 bits per heavy atom. The molecule has 0 atom stereocenters. The van der Waals surface area contributed by atoms with Crippen LogP contribution in [0.15, 0.2) is 36.4 Å². The Bertz CT molecular complexity index is 1040. The average Bonchev–Trinajstić information content (AvgIpc) is 3.48. The van der Waals surface area contributed by atoms with Gasteiger partial charge < -0.3 is 5.73 Å². The summed E-state index contributed by atoms with van der Waals surface area (Å²) in [7, 11) is 0. The molecule has 4 rings (SSSR count). The van der Waals surface area contributed by atoms with Crippen molar-refractivity contribution in [2.45, 2.75) is 76.6 Å². The minimum Gasteiger partial charge on any atom is -0.398 e. The smallest absolute Gasteiger partial charge is 0.398 e. The molecule has 0 unspecified atom stereocenters. The Morgan fingerprint density at radius 2 is 1.17 bits per heavy atom. The number of hydrogen-bond acceptors (Lipinski definition) is 3. The van der Waals surface area contributed by atoms with E-state index in [4.69, 9.17) is 5.73 Å². The molecule has 198 valence electrons. The van der Waals surface area contributed by atoms with E-state index in [1.807, 2.05) is 0 Å². The van der Waals surface area contributed by atoms with Crippen molar-refractivity contribution in [3.05, 3.63) is 68.8 Å². The Labute approximate surface area is 206 Å². The predicted octanol–water partition coefficient (Wildman–Crippen LogP) is 8.37. The van der Waals surface area contributed by atoms with Gasteiger partial charge in [0.15, 0.2) is 0 Å². The molecule has 0 aliphatic heterocycles. The van der Waals surface area contributed by atoms with Gasteiger partial charge in [0.05, 0.1) is 10.5 Å². The van der Waals surface area contributed by atoms with Gasteiger partial charge in [0.25, 0.3) is 5.69 Å². The van der Waals surface area contributed by atoms with Crippen LogP contribution in [-0.4, -0.2) is 4.92 Å². The molecule has 2 aliphatic rings. The number of hydrogen-bond donors (Lipinski definition) is 1. The second-order valence-corrected chi connectivity index (χ2v) is 9.65. The van der Waals surface area contributed by atoms with E-state index in [1.165, 1.54) is 31.0 Å². The summed E-state index contributed by atoms with van der Waals surface area (Å²) in [5.41, 5.74) is 3.76. The fraction of sp³-hybridized carbons (Fsp3) is 0.538. The quantitative estimate of drug-likeness (QED) is 0.188. The Morgan fingerprint density at radius 3 is 1.61 bits per heavy atom. The molecule has 0 spiro atoms. The van der Waals surface area contributed by atoms with Crippen LogP contribution in [0.1, 0.15) is 73.6 Å². The molecule has 36 heavy (non-hydrogen) atoms. The number of nitrogens with zero attached hydrogens (tertiary/aromatic N) is 1. The molecule has 0 heterocycles. The van der Waals surface area contributed by atoms with Crippen molar-refractivity contribution in [1.29, 1.82) is 0 Å². The van der Waals surface area contributed by atoms with Crippen LogP contribution in [0.5, 0.6) is 0 Å². The zero-order chi connectivity index (χ0) is 26.5. The molecule has 2 aromatic carbocycles. The topological polar surface area (TPSA) is 69.2 Å². The van der Waals surface area contributed by atoms with Gasteiger partial charge in [-0.2, -0.15) is 26.3 Å². The standard InChI is InChI=1S/C13H14F3NO2.C13H16F3N/c14-13(15,16)11-7-3-6-10(12(11)17(18)19)8-9-4-1-2-5-9;14-13(15,16)11-7-3-6-10(12(11)17)8-9-4-1-2-5-9/h3,6-7,9H,1-2,4-5,8H2;3,6-7,9H,1-2,4-5,8,17H2. The van der Waals surface area contributed by atoms with Gasteiger partial charge in [-0.3, -0.25) is 10.1 Å². The third kappa shape index (κ3) is 7.13. The lowest BCUT2D eigenvalue weighted by atomic mass is 9.95. The Kier molecular flexibility index (Phi) is 8.89. The number of halogens is 6. The maximum absolute atomic E-state index is 12.8. The first-order valence-corrected chi connectivity index (χ1v) is 12.2. The van der Waals surface area contributed by atoms with Gasteiger partial charge in [0.1, 0.15) is 5.56 Å². The summed E-state index contributed by atoms with van der Waals surface area (Å²) in [6.07, 6.45) is 0.563. The first kappa shape index (κ1) is 27.8. The Balaban J connectivity index is 0.000000202. The second-order valence-electron chi connectivity index (χ2n) is 9.65. The molecule has 0 amide bonds. The minimum absolute atomic E-state index is 0.0908. The summed E-state index contributed by atoms with van der Waals surface area (Å²) < 4.78 is 76.4. The van der Waals surface area contributed by atoms with Gasteiger partial charge in [-0.25, -0.2) is 0 Å². The van der Waals surface area contributed by atoms with Crippen LogP contribution >= 0.6 is 0 Å². The zero-order valence-corrected chi connectivity index (χ0v) is 19.8. The summed E-state index contributed by atoms with van der Waals surface area (Å²) >= 11 is 0. The largest absolute Gasteiger partial charge is 0.423 e. The first-order chi connectivity index (χ1) is 16.9. The van der Waals surface area contributed by atoms with Gasteiger partial charge >= 0.3 is 12.4 Å². The van der Waals surface area contributed by atoms with Gasteiger partial charge in [-0.1, -0.05) is 75.6 Å². The maximum Gasteiger partial charge on any atom is 0.423 e. The monoisotopic (exact) mass is 516 g/mol. The van der Waals surface area contributed by atoms with Crippen molar-refractivity contribution in [3.8, 4) is 0 Å². The summed E-state index contributed by atoms with van der Waals surface area (Å²) in [6, 6.07) is 7.67. The second kappa shape index (κ2) is 11.5. The van der Waals surface area contributed by atoms with Crippen molar-refractivity contribution < 1.29 is 31.3 Å². The van der Waals surface area contributed by atoms with Crippen LogP contribution in [0.3, 0.4) is 0 Å². The number of nitrogen functional groups attached to an aromatic ring is 1. The lowest BCUT2D eigenvalue weighted by Gasteiger charge is -2.15. The van der Waals surface area contributed by atoms with Gasteiger partial charge in [-0.15, -0.1) is 0 Å². The predicted molar refractivity (Wildman–Crippen MR) is 125 cm³/mol. The third-order valence-electron chi connectivity index (χ3n) is 7.08. The third-order valence-corrected chi connectivity index (χ3v) is 7.08. The molecule has 2 saturated carbocycles. The molecule has 2 fully saturated rings. The molecule has 0 saturated heterocycles. The lowest BCUT2D eigenvalue weighted by Crippen LogP contribution is -2.12. The van der Waals surface area contributed by atoms with Gasteiger partial charge in [0.2, 0.25) is 0 Å². The van der Waals surface area contributed by atoms with Crippen molar-refractivity contribution in [1.82, 2.24) is 0 Å². The molecule has 4 nitrogen and oxygen atoms in total. The zero-order valence-electron chi connectivity index (χ0n) is 19.8. The molecule has 0 radical (unpaired) electrons. The number of para-hydroxylation sites is 2. The molecule has 0 bridgehead atoms. The van der Waals surface area contributed by atoms with Crippen LogP contribution < -0.4 is 5.73 Å². The molecule has 2 aromatic rings. The highest BCUT2D eigenvalue weighted by Gasteiger charge is 2.40. The van der Waals surface area contributed by atoms with Crippen LogP contribution in [0.2, 0.25) is 0 Å². The first-order valence-electron chi connectivity index (χ1n) is 12.2. The van der Waals surface area contributed by atoms with E-state index in [0.717, 1.165) is 50.7 Å². The number of nitro groups is 1. The van der Waals surface area contributed by atoms with Crippen molar-refractivity contribution in [2.24, 2.45) is 11.8 Å². The van der Waals surface area contributed by atoms with Crippen LogP contribution in [-0.2, 0) is 25.2 Å². The van der Waals surface area contributed by atoms with Crippen molar-refractivity contribution in [3.63, 3.8) is 0 Å². The van der Waals surface area contributed by atoms with E-state index >= 15 is 0 Å². The van der Waals surface area contributed by atoms with E-state index in [9.17, 15) is 36.5 Å². The highest BCUT2D eigenvalue weighted by atomic mass is 19.4. The van der Waals surface area contributed by atoms with Crippen LogP contribution in [0, 0.1) is 22.0 Å². The van der Waals surface area contributed by atoms with E-state index < -0.39 is 34.1 Å². The highest BCUT2D eigenvalue weighted by Crippen LogP contribution is 2.40. The normalized spacial score (nSPS) is 17.2. The SMILES string of the molecule is Nc1c(CC2CCCC2)cccc1C(F)(F)F.O=[N+]([O-])c1c(CC2CCCC2)cccc1C(F)(F)F. The highest BCUT2D eigenvalue weighted by molar-refractivity contribution is 5.55. The van der Waals surface area contributed by atoms with E-state index in [2.05, 4.69) is 0 Å². The molecule has 0 aromatic heterocycles. The summed E-state index contributed by atoms with van der Waals surface area (Å²) in [6.45, 7) is 0. The number of alkyl halides is 6. The average molecular weight is 517 g/mol. The fourth-order valence-corrected chi connectivity index (χ4v) is 5.29. The van der Waals surface area contributed by atoms with Gasteiger partial charge in [-0.05, 0) is 42.4 Å². The van der Waals surface area contributed by atoms with Gasteiger partial charge in [0, 0.05) is 11.3 Å². The number of nitro benzene ring substituents is 1. The minimum atomic E-state index is -4.69. The summed E-state index contributed by atoms with van der Waals surface area (Å²) in [5, 5.41) is 11.0. The molecule has 10 heteroatoms. The Hall–Kier alpha value is -2.78. The molecule has 2 N–H and O–H groups in total. The number of rotatable bonds is 5. The number of nitrogens with two attached hydrogens (primary N) is 1.